The third kappa shape index (κ3) is 2.78. The molecular formula is C9H14N2O2S. The number of nitrogens with zero attached hydrogens (tertiary/aromatic N) is 1. The molecule has 1 aromatic rings. The number of nitrogens with one attached hydrogen (secondary N) is 1. The number of hydrogen-bond acceptors (Lipinski definition) is 4. The van der Waals surface area contributed by atoms with Gasteiger partial charge in [0.1, 0.15) is 5.69 Å². The summed E-state index contributed by atoms with van der Waals surface area (Å²) in [6.07, 6.45) is 0. The highest BCUT2D eigenvalue weighted by molar-refractivity contribution is 7.07. The van der Waals surface area contributed by atoms with Crippen molar-refractivity contribution in [3.8, 4) is 0 Å². The van der Waals surface area contributed by atoms with Gasteiger partial charge in [-0.15, -0.1) is 11.3 Å². The van der Waals surface area contributed by atoms with Gasteiger partial charge in [-0.25, -0.2) is 4.98 Å². The minimum atomic E-state index is -0.181. The molecule has 2 unspecified atom stereocenters. The van der Waals surface area contributed by atoms with Crippen molar-refractivity contribution in [3.05, 3.63) is 16.6 Å². The van der Waals surface area contributed by atoms with Crippen LogP contribution in [0.4, 0.5) is 0 Å². The first-order valence-corrected chi connectivity index (χ1v) is 5.39. The Morgan fingerprint density at radius 1 is 1.71 bits per heavy atom. The van der Waals surface area contributed by atoms with Crippen LogP contribution in [-0.2, 0) is 0 Å². The molecule has 2 atom stereocenters. The van der Waals surface area contributed by atoms with E-state index in [9.17, 15) is 4.79 Å². The van der Waals surface area contributed by atoms with Crippen LogP contribution in [0, 0.1) is 5.92 Å². The van der Waals surface area contributed by atoms with Crippen molar-refractivity contribution in [1.82, 2.24) is 10.3 Å². The molecule has 2 N–H and O–H groups in total. The van der Waals surface area contributed by atoms with E-state index >= 15 is 0 Å². The lowest BCUT2D eigenvalue weighted by molar-refractivity contribution is 0.0912. The van der Waals surface area contributed by atoms with Crippen LogP contribution in [0.5, 0.6) is 0 Å². The number of amides is 1. The molecule has 1 rings (SSSR count). The Labute approximate surface area is 87.0 Å². The van der Waals surface area contributed by atoms with Crippen molar-refractivity contribution in [2.45, 2.75) is 19.9 Å². The number of hydrogen-bond donors (Lipinski definition) is 2. The van der Waals surface area contributed by atoms with Gasteiger partial charge >= 0.3 is 0 Å². The molecule has 1 aromatic heterocycles. The van der Waals surface area contributed by atoms with Crippen molar-refractivity contribution in [2.75, 3.05) is 6.61 Å². The summed E-state index contributed by atoms with van der Waals surface area (Å²) in [5, 5.41) is 13.4. The van der Waals surface area contributed by atoms with Gasteiger partial charge in [0.2, 0.25) is 0 Å². The zero-order valence-electron chi connectivity index (χ0n) is 8.23. The number of aliphatic hydroxyl groups excluding tert-OH is 1. The molecule has 4 nitrogen and oxygen atoms in total. The molecule has 1 amide bonds. The highest BCUT2D eigenvalue weighted by Crippen LogP contribution is 2.04. The highest BCUT2D eigenvalue weighted by atomic mass is 32.1. The molecular weight excluding hydrogens is 200 g/mol. The third-order valence-electron chi connectivity index (χ3n) is 2.17. The van der Waals surface area contributed by atoms with E-state index in [0.29, 0.717) is 5.69 Å². The molecule has 0 aliphatic carbocycles. The fourth-order valence-electron chi connectivity index (χ4n) is 0.906. The van der Waals surface area contributed by atoms with Crippen LogP contribution in [0.1, 0.15) is 24.3 Å². The van der Waals surface area contributed by atoms with Crippen LogP contribution in [0.25, 0.3) is 0 Å². The van der Waals surface area contributed by atoms with Gasteiger partial charge in [-0.1, -0.05) is 6.92 Å². The van der Waals surface area contributed by atoms with E-state index in [4.69, 9.17) is 5.11 Å². The Bertz CT molecular complexity index is 287. The number of rotatable bonds is 4. The lowest BCUT2D eigenvalue weighted by atomic mass is 10.1. The first-order chi connectivity index (χ1) is 6.65. The zero-order valence-corrected chi connectivity index (χ0v) is 9.04. The van der Waals surface area contributed by atoms with Gasteiger partial charge in [0.05, 0.1) is 5.51 Å². The fraction of sp³-hybridized carbons (Fsp3) is 0.556. The average Bonchev–Trinajstić information content (AvgIpc) is 2.69. The summed E-state index contributed by atoms with van der Waals surface area (Å²) in [5.41, 5.74) is 2.06. The molecule has 5 heteroatoms. The summed E-state index contributed by atoms with van der Waals surface area (Å²) in [5.74, 6) is -0.128. The number of aliphatic hydroxyl groups is 1. The van der Waals surface area contributed by atoms with Crippen molar-refractivity contribution >= 4 is 17.2 Å². The normalized spacial score (nSPS) is 14.8. The van der Waals surface area contributed by atoms with E-state index in [2.05, 4.69) is 10.3 Å². The SMILES string of the molecule is CC(CO)C(C)NC(=O)c1cscn1. The predicted molar refractivity (Wildman–Crippen MR) is 55.3 cm³/mol. The van der Waals surface area contributed by atoms with Gasteiger partial charge in [0.25, 0.3) is 5.91 Å². The fourth-order valence-corrected chi connectivity index (χ4v) is 1.44. The van der Waals surface area contributed by atoms with Crippen molar-refractivity contribution in [2.24, 2.45) is 5.92 Å². The van der Waals surface area contributed by atoms with Crippen LogP contribution in [0.2, 0.25) is 0 Å². The molecule has 78 valence electrons. The lowest BCUT2D eigenvalue weighted by Gasteiger charge is -2.18. The van der Waals surface area contributed by atoms with E-state index in [1.807, 2.05) is 13.8 Å². The van der Waals surface area contributed by atoms with Gasteiger partial charge in [0, 0.05) is 18.0 Å². The van der Waals surface area contributed by atoms with Gasteiger partial charge in [-0.3, -0.25) is 4.79 Å². The van der Waals surface area contributed by atoms with Crippen LogP contribution in [0.3, 0.4) is 0 Å². The quantitative estimate of drug-likeness (QED) is 0.782. The van der Waals surface area contributed by atoms with Crippen LogP contribution in [0.15, 0.2) is 10.9 Å². The van der Waals surface area contributed by atoms with Crippen molar-refractivity contribution in [1.29, 1.82) is 0 Å². The number of carbonyl (C=O) groups excluding carboxylic acids is 1. The largest absolute Gasteiger partial charge is 0.396 e. The summed E-state index contributed by atoms with van der Waals surface area (Å²) in [6.45, 7) is 3.82. The first-order valence-electron chi connectivity index (χ1n) is 4.45. The maximum atomic E-state index is 11.5. The lowest BCUT2D eigenvalue weighted by Crippen LogP contribution is -2.38. The first kappa shape index (κ1) is 11.1. The van der Waals surface area contributed by atoms with Crippen LogP contribution in [-0.4, -0.2) is 28.6 Å². The Balaban J connectivity index is 2.49. The van der Waals surface area contributed by atoms with Gasteiger partial charge in [-0.05, 0) is 12.8 Å². The van der Waals surface area contributed by atoms with E-state index in [1.54, 1.807) is 10.9 Å². The summed E-state index contributed by atoms with van der Waals surface area (Å²) >= 11 is 1.39. The molecule has 0 saturated heterocycles. The Morgan fingerprint density at radius 3 is 2.93 bits per heavy atom. The smallest absolute Gasteiger partial charge is 0.270 e. The third-order valence-corrected chi connectivity index (χ3v) is 2.75. The molecule has 1 heterocycles. The number of aromatic nitrogens is 1. The Morgan fingerprint density at radius 2 is 2.43 bits per heavy atom. The molecule has 14 heavy (non-hydrogen) atoms. The molecule has 0 bridgehead atoms. The maximum absolute atomic E-state index is 11.5. The molecule has 0 radical (unpaired) electrons. The monoisotopic (exact) mass is 214 g/mol. The van der Waals surface area contributed by atoms with Gasteiger partial charge in [0.15, 0.2) is 0 Å². The Hall–Kier alpha value is -0.940. The molecule has 0 spiro atoms. The molecule has 0 aliphatic rings. The van der Waals surface area contributed by atoms with E-state index in [-0.39, 0.29) is 24.5 Å². The van der Waals surface area contributed by atoms with Crippen molar-refractivity contribution < 1.29 is 9.90 Å². The average molecular weight is 214 g/mol. The minimum Gasteiger partial charge on any atom is -0.396 e. The van der Waals surface area contributed by atoms with Crippen molar-refractivity contribution in [3.63, 3.8) is 0 Å². The summed E-state index contributed by atoms with van der Waals surface area (Å²) in [7, 11) is 0. The molecule has 0 fully saturated rings. The zero-order chi connectivity index (χ0) is 10.6. The second kappa shape index (κ2) is 5.07. The highest BCUT2D eigenvalue weighted by Gasteiger charge is 2.15. The Kier molecular flexibility index (Phi) is 4.03. The molecule has 0 saturated carbocycles. The summed E-state index contributed by atoms with van der Waals surface area (Å²) in [4.78, 5) is 15.4. The molecule has 0 aromatic carbocycles. The number of thiazole rings is 1. The van der Waals surface area contributed by atoms with Gasteiger partial charge < -0.3 is 10.4 Å². The van der Waals surface area contributed by atoms with E-state index in [1.165, 1.54) is 11.3 Å². The second-order valence-corrected chi connectivity index (χ2v) is 4.01. The number of carbonyl (C=O) groups is 1. The van der Waals surface area contributed by atoms with E-state index in [0.717, 1.165) is 0 Å². The topological polar surface area (TPSA) is 62.2 Å². The van der Waals surface area contributed by atoms with Gasteiger partial charge in [-0.2, -0.15) is 0 Å². The predicted octanol–water partition coefficient (Wildman–Crippen LogP) is 0.890. The standard InChI is InChI=1S/C9H14N2O2S/c1-6(3-12)7(2)11-9(13)8-4-14-5-10-8/h4-7,12H,3H2,1-2H3,(H,11,13). The summed E-state index contributed by atoms with van der Waals surface area (Å²) in [6, 6.07) is -0.0470. The minimum absolute atomic E-state index is 0.0470. The molecule has 0 aliphatic heterocycles. The van der Waals surface area contributed by atoms with E-state index < -0.39 is 0 Å². The summed E-state index contributed by atoms with van der Waals surface area (Å²) < 4.78 is 0. The second-order valence-electron chi connectivity index (χ2n) is 3.30. The van der Waals surface area contributed by atoms with Crippen LogP contribution >= 0.6 is 11.3 Å². The maximum Gasteiger partial charge on any atom is 0.270 e. The van der Waals surface area contributed by atoms with Crippen LogP contribution < -0.4 is 5.32 Å².